The molecule has 0 aromatic carbocycles. The minimum absolute atomic E-state index is 0.208. The summed E-state index contributed by atoms with van der Waals surface area (Å²) in [6.07, 6.45) is 1.63. The van der Waals surface area contributed by atoms with Gasteiger partial charge in [-0.2, -0.15) is 0 Å². The van der Waals surface area contributed by atoms with Gasteiger partial charge in [0.05, 0.1) is 5.69 Å². The van der Waals surface area contributed by atoms with Crippen LogP contribution in [0.3, 0.4) is 0 Å². The maximum atomic E-state index is 8.82. The highest BCUT2D eigenvalue weighted by atomic mass is 32.1. The number of rotatable bonds is 1. The average Bonchev–Trinajstić information content (AvgIpc) is 2.14. The first-order valence-corrected chi connectivity index (χ1v) is 2.63. The quantitative estimate of drug-likeness (QED) is 0.553. The molecule has 0 amide bonds. The van der Waals surface area contributed by atoms with Crippen molar-refractivity contribution in [2.24, 2.45) is 0 Å². The highest BCUT2D eigenvalue weighted by Gasteiger charge is 1.93. The summed E-state index contributed by atoms with van der Waals surface area (Å²) in [5.74, 6) is 0.208. The zero-order valence-electron chi connectivity index (χ0n) is 4.09. The van der Waals surface area contributed by atoms with Gasteiger partial charge in [-0.1, -0.05) is 12.2 Å². The van der Waals surface area contributed by atoms with Crippen molar-refractivity contribution >= 4 is 17.6 Å². The highest BCUT2D eigenvalue weighted by Crippen LogP contribution is 2.10. The summed E-state index contributed by atoms with van der Waals surface area (Å²) < 4.78 is 0. The highest BCUT2D eigenvalue weighted by molar-refractivity contribution is 7.79. The van der Waals surface area contributed by atoms with Gasteiger partial charge in [-0.3, -0.25) is 0 Å². The van der Waals surface area contributed by atoms with Crippen molar-refractivity contribution < 1.29 is 5.11 Å². The zero-order valence-corrected chi connectivity index (χ0v) is 4.90. The molecule has 0 saturated carbocycles. The van der Waals surface area contributed by atoms with E-state index in [1.165, 1.54) is 5.37 Å². The molecule has 0 bridgehead atoms. The second-order valence-corrected chi connectivity index (χ2v) is 1.63. The van der Waals surface area contributed by atoms with Crippen LogP contribution in [0, 0.1) is 0 Å². The van der Waals surface area contributed by atoms with Crippen molar-refractivity contribution in [3.63, 3.8) is 0 Å². The van der Waals surface area contributed by atoms with E-state index < -0.39 is 0 Å². The molecule has 0 aliphatic carbocycles. The first-order valence-electron chi connectivity index (χ1n) is 2.16. The third kappa shape index (κ3) is 0.721. The Hall–Kier alpha value is -0.830. The van der Waals surface area contributed by atoms with Crippen LogP contribution in [-0.4, -0.2) is 15.5 Å². The summed E-state index contributed by atoms with van der Waals surface area (Å²) in [7, 11) is 0. The van der Waals surface area contributed by atoms with E-state index in [9.17, 15) is 0 Å². The number of aromatic amines is 1. The largest absolute Gasteiger partial charge is 0.506 e. The minimum Gasteiger partial charge on any atom is -0.506 e. The van der Waals surface area contributed by atoms with Crippen molar-refractivity contribution in [2.75, 3.05) is 0 Å². The number of thiocarbonyl (C=S) groups is 1. The Morgan fingerprint density at radius 1 is 1.75 bits per heavy atom. The van der Waals surface area contributed by atoms with Crippen molar-refractivity contribution in [1.82, 2.24) is 4.98 Å². The number of H-pyrrole nitrogens is 1. The van der Waals surface area contributed by atoms with Crippen molar-refractivity contribution in [3.8, 4) is 5.75 Å². The van der Waals surface area contributed by atoms with Gasteiger partial charge in [-0.05, 0) is 6.07 Å². The second kappa shape index (κ2) is 1.96. The summed E-state index contributed by atoms with van der Waals surface area (Å²) in [5, 5.41) is 10.2. The number of nitrogens with one attached hydrogen (secondary N) is 1. The minimum atomic E-state index is 0.208. The fraction of sp³-hybridized carbons (Fsp3) is 0. The summed E-state index contributed by atoms with van der Waals surface area (Å²) in [5.41, 5.74) is 0.597. The lowest BCUT2D eigenvalue weighted by Crippen LogP contribution is -1.73. The smallest absolute Gasteiger partial charge is 0.141 e. The Balaban J connectivity index is 3.09. The van der Waals surface area contributed by atoms with E-state index in [4.69, 9.17) is 5.11 Å². The van der Waals surface area contributed by atoms with Gasteiger partial charge in [0.2, 0.25) is 0 Å². The number of hydrogen-bond donors (Lipinski definition) is 2. The predicted molar refractivity (Wildman–Crippen MR) is 35.2 cm³/mol. The third-order valence-corrected chi connectivity index (χ3v) is 1.11. The van der Waals surface area contributed by atoms with Crippen molar-refractivity contribution in [3.05, 3.63) is 18.0 Å². The molecule has 2 nitrogen and oxygen atoms in total. The van der Waals surface area contributed by atoms with Crippen LogP contribution in [0.4, 0.5) is 0 Å². The molecule has 1 rings (SSSR count). The van der Waals surface area contributed by atoms with Crippen LogP contribution >= 0.6 is 12.2 Å². The van der Waals surface area contributed by atoms with E-state index >= 15 is 0 Å². The Morgan fingerprint density at radius 3 is 2.75 bits per heavy atom. The molecule has 8 heavy (non-hydrogen) atoms. The molecule has 2 N–H and O–H groups in total. The van der Waals surface area contributed by atoms with Crippen molar-refractivity contribution in [2.45, 2.75) is 0 Å². The van der Waals surface area contributed by atoms with E-state index in [1.807, 2.05) is 0 Å². The second-order valence-electron chi connectivity index (χ2n) is 1.39. The van der Waals surface area contributed by atoms with Crippen LogP contribution in [0.1, 0.15) is 5.69 Å². The van der Waals surface area contributed by atoms with Crippen LogP contribution in [0.15, 0.2) is 12.3 Å². The van der Waals surface area contributed by atoms with Crippen LogP contribution < -0.4 is 0 Å². The van der Waals surface area contributed by atoms with E-state index in [2.05, 4.69) is 17.2 Å². The van der Waals surface area contributed by atoms with Gasteiger partial charge in [-0.25, -0.2) is 0 Å². The molecule has 0 saturated heterocycles. The standard InChI is InChI=1S/C5H5NOS/c7-5-1-2-6-4(5)3-8/h1-3,6-7H. The molecule has 1 aromatic rings. The van der Waals surface area contributed by atoms with Crippen LogP contribution in [0.2, 0.25) is 0 Å². The SMILES string of the molecule is Oc1cc[nH]c1C=S. The first kappa shape index (κ1) is 5.31. The van der Waals surface area contributed by atoms with E-state index in [0.29, 0.717) is 5.69 Å². The van der Waals surface area contributed by atoms with Gasteiger partial charge in [-0.15, -0.1) is 0 Å². The molecular formula is C5H5NOS. The first-order chi connectivity index (χ1) is 3.84. The van der Waals surface area contributed by atoms with Gasteiger partial charge in [0, 0.05) is 11.6 Å². The molecule has 0 fully saturated rings. The molecular weight excluding hydrogens is 122 g/mol. The molecule has 0 atom stereocenters. The fourth-order valence-electron chi connectivity index (χ4n) is 0.468. The molecule has 42 valence electrons. The number of aromatic nitrogens is 1. The number of hydrogen-bond acceptors (Lipinski definition) is 2. The van der Waals surface area contributed by atoms with E-state index in [0.717, 1.165) is 0 Å². The van der Waals surface area contributed by atoms with Crippen LogP contribution in [-0.2, 0) is 0 Å². The average molecular weight is 127 g/mol. The fourth-order valence-corrected chi connectivity index (χ4v) is 0.657. The van der Waals surface area contributed by atoms with Crippen LogP contribution in [0.5, 0.6) is 5.75 Å². The molecule has 1 heterocycles. The lowest BCUT2D eigenvalue weighted by Gasteiger charge is -1.82. The summed E-state index contributed by atoms with van der Waals surface area (Å²) in [6, 6.07) is 1.55. The number of aromatic hydroxyl groups is 1. The van der Waals surface area contributed by atoms with Crippen LogP contribution in [0.25, 0.3) is 0 Å². The predicted octanol–water partition coefficient (Wildman–Crippen LogP) is 1.07. The topological polar surface area (TPSA) is 36.0 Å². The Labute approximate surface area is 52.2 Å². The molecule has 0 unspecified atom stereocenters. The summed E-state index contributed by atoms with van der Waals surface area (Å²) in [4.78, 5) is 2.75. The Morgan fingerprint density at radius 2 is 2.50 bits per heavy atom. The summed E-state index contributed by atoms with van der Waals surface area (Å²) in [6.45, 7) is 0. The molecule has 0 aliphatic heterocycles. The normalized spacial score (nSPS) is 9.00. The van der Waals surface area contributed by atoms with Gasteiger partial charge in [0.25, 0.3) is 0 Å². The van der Waals surface area contributed by atoms with Gasteiger partial charge >= 0.3 is 0 Å². The van der Waals surface area contributed by atoms with Crippen molar-refractivity contribution in [1.29, 1.82) is 0 Å². The Kier molecular flexibility index (Phi) is 1.30. The van der Waals surface area contributed by atoms with Gasteiger partial charge in [0.1, 0.15) is 5.75 Å². The Bertz CT molecular complexity index is 194. The molecule has 3 heteroatoms. The third-order valence-electron chi connectivity index (χ3n) is 0.874. The molecule has 1 aromatic heterocycles. The van der Waals surface area contributed by atoms with E-state index in [1.54, 1.807) is 12.3 Å². The molecule has 0 radical (unpaired) electrons. The molecule has 0 spiro atoms. The lowest BCUT2D eigenvalue weighted by atomic mass is 10.4. The van der Waals surface area contributed by atoms with Gasteiger partial charge in [0.15, 0.2) is 0 Å². The zero-order chi connectivity index (χ0) is 5.98. The maximum absolute atomic E-state index is 8.82. The monoisotopic (exact) mass is 127 g/mol. The van der Waals surface area contributed by atoms with E-state index in [-0.39, 0.29) is 5.75 Å². The molecule has 0 aliphatic rings. The lowest BCUT2D eigenvalue weighted by molar-refractivity contribution is 0.475. The summed E-state index contributed by atoms with van der Waals surface area (Å²) >= 11 is 4.54. The maximum Gasteiger partial charge on any atom is 0.141 e. The van der Waals surface area contributed by atoms with Gasteiger partial charge < -0.3 is 10.1 Å².